The molecule has 142 valence electrons. The van der Waals surface area contributed by atoms with Gasteiger partial charge in [-0.25, -0.2) is 0 Å². The lowest BCUT2D eigenvalue weighted by Gasteiger charge is -2.30. The molecular formula is C27H34. The maximum absolute atomic E-state index is 2.59. The van der Waals surface area contributed by atoms with Gasteiger partial charge in [-0.05, 0) is 73.8 Å². The van der Waals surface area contributed by atoms with Crippen LogP contribution in [0.15, 0.2) is 77.9 Å². The predicted molar refractivity (Wildman–Crippen MR) is 117 cm³/mol. The lowest BCUT2D eigenvalue weighted by atomic mass is 9.75. The van der Waals surface area contributed by atoms with E-state index in [0.717, 1.165) is 5.92 Å². The minimum Gasteiger partial charge on any atom is -0.0840 e. The fraction of sp³-hybridized carbons (Fsp3) is 0.481. The van der Waals surface area contributed by atoms with Gasteiger partial charge in [-0.3, -0.25) is 0 Å². The van der Waals surface area contributed by atoms with E-state index in [1.165, 1.54) is 69.8 Å². The Morgan fingerprint density at radius 1 is 0.852 bits per heavy atom. The van der Waals surface area contributed by atoms with Crippen molar-refractivity contribution in [1.82, 2.24) is 0 Å². The van der Waals surface area contributed by atoms with Gasteiger partial charge >= 0.3 is 0 Å². The Morgan fingerprint density at radius 2 is 1.70 bits per heavy atom. The van der Waals surface area contributed by atoms with Crippen molar-refractivity contribution in [1.29, 1.82) is 0 Å². The Balaban J connectivity index is 1.45. The summed E-state index contributed by atoms with van der Waals surface area (Å²) in [5.41, 5.74) is 4.68. The fourth-order valence-corrected chi connectivity index (χ4v) is 5.16. The van der Waals surface area contributed by atoms with Gasteiger partial charge in [-0.2, -0.15) is 0 Å². The molecule has 0 saturated heterocycles. The molecule has 0 N–H and O–H groups in total. The summed E-state index contributed by atoms with van der Waals surface area (Å²) in [7, 11) is 0. The first-order chi connectivity index (χ1) is 13.4. The Hall–Kier alpha value is -1.82. The van der Waals surface area contributed by atoms with E-state index in [0.29, 0.717) is 11.8 Å². The van der Waals surface area contributed by atoms with E-state index in [1.54, 1.807) is 11.1 Å². The van der Waals surface area contributed by atoms with Crippen LogP contribution in [0, 0.1) is 17.8 Å². The molecule has 1 aromatic carbocycles. The first-order valence-corrected chi connectivity index (χ1v) is 11.2. The predicted octanol–water partition coefficient (Wildman–Crippen LogP) is 7.59. The van der Waals surface area contributed by atoms with E-state index in [9.17, 15) is 0 Å². The average molecular weight is 359 g/mol. The van der Waals surface area contributed by atoms with Gasteiger partial charge in [0.2, 0.25) is 0 Å². The molecular weight excluding hydrogens is 324 g/mol. The number of hydrogen-bond donors (Lipinski definition) is 0. The largest absolute Gasteiger partial charge is 0.0840 e. The van der Waals surface area contributed by atoms with E-state index < -0.39 is 0 Å². The van der Waals surface area contributed by atoms with Crippen molar-refractivity contribution in [3.05, 3.63) is 83.5 Å². The summed E-state index contributed by atoms with van der Waals surface area (Å²) in [6, 6.07) is 11.1. The summed E-state index contributed by atoms with van der Waals surface area (Å²) >= 11 is 0. The van der Waals surface area contributed by atoms with E-state index in [1.807, 2.05) is 0 Å². The third kappa shape index (κ3) is 5.12. The van der Waals surface area contributed by atoms with Gasteiger partial charge in [-0.1, -0.05) is 91.6 Å². The van der Waals surface area contributed by atoms with Crippen LogP contribution >= 0.6 is 0 Å². The van der Waals surface area contributed by atoms with Crippen molar-refractivity contribution in [2.24, 2.45) is 17.8 Å². The highest BCUT2D eigenvalue weighted by Gasteiger charge is 2.24. The second-order valence-corrected chi connectivity index (χ2v) is 8.71. The summed E-state index contributed by atoms with van der Waals surface area (Å²) in [5.74, 6) is 2.21. The molecule has 3 aliphatic rings. The highest BCUT2D eigenvalue weighted by Crippen LogP contribution is 2.37. The van der Waals surface area contributed by atoms with Crippen molar-refractivity contribution in [2.75, 3.05) is 0 Å². The Labute approximate surface area is 165 Å². The zero-order valence-corrected chi connectivity index (χ0v) is 16.7. The molecule has 0 aromatic heterocycles. The molecule has 0 bridgehead atoms. The topological polar surface area (TPSA) is 0 Å². The summed E-state index contributed by atoms with van der Waals surface area (Å²) in [5, 5.41) is 0. The summed E-state index contributed by atoms with van der Waals surface area (Å²) in [6.45, 7) is 0. The van der Waals surface area contributed by atoms with Crippen molar-refractivity contribution >= 4 is 0 Å². The van der Waals surface area contributed by atoms with Gasteiger partial charge in [-0.15, -0.1) is 0 Å². The van der Waals surface area contributed by atoms with Gasteiger partial charge in [0, 0.05) is 0 Å². The van der Waals surface area contributed by atoms with Crippen LogP contribution in [0.2, 0.25) is 0 Å². The summed E-state index contributed by atoms with van der Waals surface area (Å²) in [4.78, 5) is 0. The zero-order valence-electron chi connectivity index (χ0n) is 16.7. The third-order valence-corrected chi connectivity index (χ3v) is 6.75. The van der Waals surface area contributed by atoms with E-state index in [4.69, 9.17) is 0 Å². The number of benzene rings is 1. The molecule has 27 heavy (non-hydrogen) atoms. The maximum atomic E-state index is 2.59. The second-order valence-electron chi connectivity index (χ2n) is 8.71. The quantitative estimate of drug-likeness (QED) is 0.491. The molecule has 0 heteroatoms. The van der Waals surface area contributed by atoms with E-state index in [2.05, 4.69) is 66.8 Å². The Bertz CT molecular complexity index is 710. The van der Waals surface area contributed by atoms with Gasteiger partial charge in [0.05, 0.1) is 0 Å². The van der Waals surface area contributed by atoms with Crippen LogP contribution in [0.25, 0.3) is 0 Å². The van der Waals surface area contributed by atoms with Crippen LogP contribution in [-0.4, -0.2) is 0 Å². The number of rotatable bonds is 6. The molecule has 0 radical (unpaired) electrons. The molecule has 2 unspecified atom stereocenters. The third-order valence-electron chi connectivity index (χ3n) is 6.75. The highest BCUT2D eigenvalue weighted by molar-refractivity contribution is 5.29. The fourth-order valence-electron chi connectivity index (χ4n) is 5.16. The van der Waals surface area contributed by atoms with Gasteiger partial charge in [0.1, 0.15) is 0 Å². The molecule has 1 fully saturated rings. The first kappa shape index (κ1) is 18.5. The highest BCUT2D eigenvalue weighted by atomic mass is 14.3. The molecule has 0 heterocycles. The van der Waals surface area contributed by atoms with Crippen LogP contribution in [0.1, 0.15) is 63.4 Å². The van der Waals surface area contributed by atoms with Gasteiger partial charge in [0.25, 0.3) is 0 Å². The monoisotopic (exact) mass is 358 g/mol. The smallest absolute Gasteiger partial charge is 0.0161 e. The van der Waals surface area contributed by atoms with Gasteiger partial charge in [0.15, 0.2) is 0 Å². The van der Waals surface area contributed by atoms with Crippen LogP contribution in [-0.2, 0) is 6.42 Å². The second kappa shape index (κ2) is 9.40. The van der Waals surface area contributed by atoms with Gasteiger partial charge < -0.3 is 0 Å². The average Bonchev–Trinajstić information content (AvgIpc) is 2.76. The minimum atomic E-state index is 0.675. The van der Waals surface area contributed by atoms with Crippen LogP contribution in [0.3, 0.4) is 0 Å². The molecule has 0 aliphatic heterocycles. The SMILES string of the molecule is C1=CC(CC(Cc2ccccc2)C2C=CC(C3CCCCC3)=CC2)=CCC1. The Kier molecular flexibility index (Phi) is 6.45. The lowest BCUT2D eigenvalue weighted by molar-refractivity contribution is 0.377. The maximum Gasteiger partial charge on any atom is -0.0161 e. The Morgan fingerprint density at radius 3 is 2.41 bits per heavy atom. The van der Waals surface area contributed by atoms with Crippen molar-refractivity contribution in [2.45, 2.75) is 64.2 Å². The van der Waals surface area contributed by atoms with E-state index >= 15 is 0 Å². The zero-order chi connectivity index (χ0) is 18.3. The normalized spacial score (nSPS) is 24.4. The first-order valence-electron chi connectivity index (χ1n) is 11.2. The van der Waals surface area contributed by atoms with E-state index in [-0.39, 0.29) is 0 Å². The molecule has 3 aliphatic carbocycles. The van der Waals surface area contributed by atoms with Crippen molar-refractivity contribution in [3.63, 3.8) is 0 Å². The molecule has 0 amide bonds. The van der Waals surface area contributed by atoms with Crippen molar-refractivity contribution < 1.29 is 0 Å². The molecule has 1 saturated carbocycles. The molecule has 0 spiro atoms. The molecule has 1 aromatic rings. The number of allylic oxidation sites excluding steroid dienone is 8. The lowest BCUT2D eigenvalue weighted by Crippen LogP contribution is -2.19. The standard InChI is InChI=1S/C27H34/c1-4-10-22(11-5-1)20-27(21-23-12-6-2-7-13-23)26-18-16-25(17-19-26)24-14-8-3-9-15-24/h1,4-6,10-13,16-18,24,26-27H,2-3,7-9,14-15,19-21H2. The molecule has 0 nitrogen and oxygen atoms in total. The van der Waals surface area contributed by atoms with Crippen LogP contribution < -0.4 is 0 Å². The number of hydrogen-bond acceptors (Lipinski definition) is 0. The minimum absolute atomic E-state index is 0.675. The van der Waals surface area contributed by atoms with Crippen molar-refractivity contribution in [3.8, 4) is 0 Å². The molecule has 2 atom stereocenters. The van der Waals surface area contributed by atoms with Crippen LogP contribution in [0.5, 0.6) is 0 Å². The summed E-state index contributed by atoms with van der Waals surface area (Å²) in [6.07, 6.45) is 28.0. The summed E-state index contributed by atoms with van der Waals surface area (Å²) < 4.78 is 0. The molecule has 4 rings (SSSR count). The van der Waals surface area contributed by atoms with Crippen LogP contribution in [0.4, 0.5) is 0 Å².